The summed E-state index contributed by atoms with van der Waals surface area (Å²) in [4.78, 5) is 14.0. The summed E-state index contributed by atoms with van der Waals surface area (Å²) in [5.74, 6) is 0.946. The fraction of sp³-hybridized carbons (Fsp3) is 0.526. The summed E-state index contributed by atoms with van der Waals surface area (Å²) in [6, 6.07) is 6.12. The molecule has 24 heavy (non-hydrogen) atoms. The van der Waals surface area contributed by atoms with Crippen molar-refractivity contribution in [2.45, 2.75) is 33.1 Å². The van der Waals surface area contributed by atoms with Gasteiger partial charge in [0.25, 0.3) is 5.91 Å². The van der Waals surface area contributed by atoms with E-state index in [0.717, 1.165) is 49.4 Å². The Morgan fingerprint density at radius 1 is 1.25 bits per heavy atom. The van der Waals surface area contributed by atoms with Crippen LogP contribution in [-0.4, -0.2) is 44.7 Å². The van der Waals surface area contributed by atoms with Gasteiger partial charge in [-0.05, 0) is 57.4 Å². The van der Waals surface area contributed by atoms with Gasteiger partial charge in [0.1, 0.15) is 0 Å². The van der Waals surface area contributed by atoms with Crippen molar-refractivity contribution in [2.75, 3.05) is 33.9 Å². The molecule has 5 nitrogen and oxygen atoms in total. The Morgan fingerprint density at radius 2 is 2.00 bits per heavy atom. The highest BCUT2D eigenvalue weighted by molar-refractivity contribution is 5.95. The summed E-state index contributed by atoms with van der Waals surface area (Å²) in [5, 5.41) is 9.28. The predicted octanol–water partition coefficient (Wildman–Crippen LogP) is 2.24. The Bertz CT molecular complexity index is 542. The van der Waals surface area contributed by atoms with Crippen molar-refractivity contribution in [1.29, 1.82) is 0 Å². The third-order valence-electron chi connectivity index (χ3n) is 3.95. The van der Waals surface area contributed by atoms with E-state index in [1.165, 1.54) is 5.56 Å². The minimum Gasteiger partial charge on any atom is -0.372 e. The van der Waals surface area contributed by atoms with Gasteiger partial charge >= 0.3 is 0 Å². The highest BCUT2D eigenvalue weighted by Crippen LogP contribution is 2.13. The minimum atomic E-state index is 0.00921. The molecule has 1 rings (SSSR count). The molecule has 0 atom stereocenters. The molecule has 0 bridgehead atoms. The van der Waals surface area contributed by atoms with Gasteiger partial charge in [-0.2, -0.15) is 0 Å². The van der Waals surface area contributed by atoms with E-state index in [-0.39, 0.29) is 5.91 Å². The monoisotopic (exact) mass is 332 g/mol. The first-order valence-electron chi connectivity index (χ1n) is 8.65. The highest BCUT2D eigenvalue weighted by atomic mass is 16.1. The van der Waals surface area contributed by atoms with Crippen LogP contribution in [0.5, 0.6) is 0 Å². The van der Waals surface area contributed by atoms with Gasteiger partial charge in [-0.25, -0.2) is 0 Å². The lowest BCUT2D eigenvalue weighted by Crippen LogP contribution is -2.34. The van der Waals surface area contributed by atoms with Gasteiger partial charge in [-0.3, -0.25) is 4.79 Å². The van der Waals surface area contributed by atoms with Crippen molar-refractivity contribution in [3.05, 3.63) is 47.3 Å². The standard InChI is InChI=1S/C19H32N4O/c1-6-21-19(24)18-11-10-17(13-15(18)2)9-7-8-12-22-16(3)23(5)14-20-4/h10-11,13,20,22H,3,6-9,12,14H2,1-2,4-5H3,(H,21,24). The molecule has 1 aromatic rings. The number of amides is 1. The SMILES string of the molecule is C=C(NCCCCc1ccc(C(=O)NCC)c(C)c1)N(C)CNC. The number of hydrogen-bond donors (Lipinski definition) is 3. The molecule has 1 aromatic carbocycles. The van der Waals surface area contributed by atoms with Crippen molar-refractivity contribution in [3.8, 4) is 0 Å². The molecule has 0 heterocycles. The van der Waals surface area contributed by atoms with Crippen molar-refractivity contribution >= 4 is 5.91 Å². The third-order valence-corrected chi connectivity index (χ3v) is 3.95. The summed E-state index contributed by atoms with van der Waals surface area (Å²) in [7, 11) is 3.92. The summed E-state index contributed by atoms with van der Waals surface area (Å²) in [6.45, 7) is 10.3. The molecule has 0 radical (unpaired) electrons. The third kappa shape index (κ3) is 6.62. The average Bonchev–Trinajstić information content (AvgIpc) is 2.54. The number of hydrogen-bond acceptors (Lipinski definition) is 4. The van der Waals surface area contributed by atoms with Crippen LogP contribution in [-0.2, 0) is 6.42 Å². The van der Waals surface area contributed by atoms with E-state index in [1.807, 2.05) is 38.9 Å². The quantitative estimate of drug-likeness (QED) is 0.430. The number of rotatable bonds is 11. The fourth-order valence-electron chi connectivity index (χ4n) is 2.55. The predicted molar refractivity (Wildman–Crippen MR) is 101 cm³/mol. The van der Waals surface area contributed by atoms with Crippen LogP contribution in [0.4, 0.5) is 0 Å². The van der Waals surface area contributed by atoms with Crippen LogP contribution in [0.1, 0.15) is 41.3 Å². The van der Waals surface area contributed by atoms with Gasteiger partial charge in [-0.1, -0.05) is 18.7 Å². The Morgan fingerprint density at radius 3 is 2.62 bits per heavy atom. The smallest absolute Gasteiger partial charge is 0.251 e. The van der Waals surface area contributed by atoms with E-state index in [4.69, 9.17) is 0 Å². The molecule has 3 N–H and O–H groups in total. The molecule has 0 unspecified atom stereocenters. The average molecular weight is 332 g/mol. The van der Waals surface area contributed by atoms with E-state index >= 15 is 0 Å². The summed E-state index contributed by atoms with van der Waals surface area (Å²) < 4.78 is 0. The zero-order valence-electron chi connectivity index (χ0n) is 15.5. The van der Waals surface area contributed by atoms with Gasteiger partial charge < -0.3 is 20.9 Å². The maximum absolute atomic E-state index is 11.9. The van der Waals surface area contributed by atoms with Gasteiger partial charge in [0.2, 0.25) is 0 Å². The summed E-state index contributed by atoms with van der Waals surface area (Å²) >= 11 is 0. The summed E-state index contributed by atoms with van der Waals surface area (Å²) in [5.41, 5.74) is 3.09. The first-order valence-corrected chi connectivity index (χ1v) is 8.65. The fourth-order valence-corrected chi connectivity index (χ4v) is 2.55. The van der Waals surface area contributed by atoms with Crippen LogP contribution in [0, 0.1) is 6.92 Å². The molecule has 5 heteroatoms. The van der Waals surface area contributed by atoms with Crippen LogP contribution in [0.3, 0.4) is 0 Å². The molecule has 0 spiro atoms. The number of carbonyl (C=O) groups is 1. The van der Waals surface area contributed by atoms with E-state index in [9.17, 15) is 4.79 Å². The number of unbranched alkanes of at least 4 members (excludes halogenated alkanes) is 1. The zero-order chi connectivity index (χ0) is 17.9. The van der Waals surface area contributed by atoms with E-state index in [1.54, 1.807) is 0 Å². The molecule has 0 saturated heterocycles. The van der Waals surface area contributed by atoms with Crippen LogP contribution in [0.2, 0.25) is 0 Å². The largest absolute Gasteiger partial charge is 0.372 e. The second-order valence-corrected chi connectivity index (χ2v) is 6.05. The van der Waals surface area contributed by atoms with E-state index in [0.29, 0.717) is 6.54 Å². The highest BCUT2D eigenvalue weighted by Gasteiger charge is 2.08. The van der Waals surface area contributed by atoms with Gasteiger partial charge in [0.15, 0.2) is 0 Å². The molecule has 0 fully saturated rings. The topological polar surface area (TPSA) is 56.4 Å². The molecule has 1 amide bonds. The van der Waals surface area contributed by atoms with E-state index in [2.05, 4.69) is 34.7 Å². The van der Waals surface area contributed by atoms with Gasteiger partial charge in [0, 0.05) is 25.7 Å². The normalized spacial score (nSPS) is 10.3. The molecule has 0 aliphatic heterocycles. The van der Waals surface area contributed by atoms with Crippen molar-refractivity contribution in [1.82, 2.24) is 20.9 Å². The molecule has 0 aliphatic carbocycles. The van der Waals surface area contributed by atoms with Gasteiger partial charge in [0.05, 0.1) is 12.5 Å². The van der Waals surface area contributed by atoms with Crippen LogP contribution in [0.25, 0.3) is 0 Å². The zero-order valence-corrected chi connectivity index (χ0v) is 15.5. The molecular weight excluding hydrogens is 300 g/mol. The minimum absolute atomic E-state index is 0.00921. The molecule has 0 aromatic heterocycles. The lowest BCUT2D eigenvalue weighted by Gasteiger charge is -2.22. The van der Waals surface area contributed by atoms with Crippen molar-refractivity contribution < 1.29 is 4.79 Å². The molecular formula is C19H32N4O. The Balaban J connectivity index is 2.34. The summed E-state index contributed by atoms with van der Waals surface area (Å²) in [6.07, 6.45) is 3.22. The second-order valence-electron chi connectivity index (χ2n) is 6.05. The van der Waals surface area contributed by atoms with Crippen LogP contribution < -0.4 is 16.0 Å². The Labute approximate surface area is 146 Å². The number of nitrogens with zero attached hydrogens (tertiary/aromatic N) is 1. The van der Waals surface area contributed by atoms with Crippen LogP contribution in [0.15, 0.2) is 30.6 Å². The maximum Gasteiger partial charge on any atom is 0.251 e. The van der Waals surface area contributed by atoms with Gasteiger partial charge in [-0.15, -0.1) is 0 Å². The Kier molecular flexibility index (Phi) is 8.94. The Hall–Kier alpha value is -2.01. The lowest BCUT2D eigenvalue weighted by molar-refractivity contribution is 0.0955. The second kappa shape index (κ2) is 10.7. The molecule has 0 saturated carbocycles. The maximum atomic E-state index is 11.9. The lowest BCUT2D eigenvalue weighted by atomic mass is 10.0. The van der Waals surface area contributed by atoms with E-state index < -0.39 is 0 Å². The number of aryl methyl sites for hydroxylation is 2. The number of nitrogens with one attached hydrogen (secondary N) is 3. The molecule has 0 aliphatic rings. The van der Waals surface area contributed by atoms with Crippen LogP contribution >= 0.6 is 0 Å². The first-order chi connectivity index (χ1) is 11.5. The first kappa shape index (κ1) is 20.0. The molecule has 134 valence electrons. The van der Waals surface area contributed by atoms with Crippen molar-refractivity contribution in [2.24, 2.45) is 0 Å². The van der Waals surface area contributed by atoms with Crippen molar-refractivity contribution in [3.63, 3.8) is 0 Å². The number of benzene rings is 1. The number of carbonyl (C=O) groups excluding carboxylic acids is 1.